The maximum Gasteiger partial charge on any atom is 0.407 e. The number of carboxylic acid groups (broad SMARTS) is 1. The van der Waals surface area contributed by atoms with Crippen molar-refractivity contribution in [1.29, 1.82) is 5.26 Å². The summed E-state index contributed by atoms with van der Waals surface area (Å²) in [5.41, 5.74) is 0.247. The molecular formula is C18H14F2IN3O3. The summed E-state index contributed by atoms with van der Waals surface area (Å²) in [6.07, 6.45) is -0.999. The molecule has 3 rings (SSSR count). The molecule has 1 aliphatic heterocycles. The van der Waals surface area contributed by atoms with E-state index in [2.05, 4.69) is 5.32 Å². The van der Waals surface area contributed by atoms with Crippen molar-refractivity contribution >= 4 is 40.1 Å². The van der Waals surface area contributed by atoms with Crippen molar-refractivity contribution in [2.45, 2.75) is 0 Å². The Balaban J connectivity index is 1.77. The van der Waals surface area contributed by atoms with Crippen LogP contribution in [-0.2, 0) is 0 Å². The second kappa shape index (κ2) is 7.96. The number of halogens is 3. The molecule has 2 N–H and O–H groups in total. The first-order valence-corrected chi connectivity index (χ1v) is 9.01. The summed E-state index contributed by atoms with van der Waals surface area (Å²) in [6.45, 7) is 0.802. The van der Waals surface area contributed by atoms with E-state index in [9.17, 15) is 18.8 Å². The minimum Gasteiger partial charge on any atom is -0.492 e. The molecule has 0 radical (unpaired) electrons. The van der Waals surface area contributed by atoms with E-state index in [-0.39, 0.29) is 35.2 Å². The highest BCUT2D eigenvalue weighted by atomic mass is 127. The third-order valence-corrected chi connectivity index (χ3v) is 4.75. The van der Waals surface area contributed by atoms with Crippen LogP contribution < -0.4 is 10.1 Å². The molecule has 1 saturated heterocycles. The quantitative estimate of drug-likeness (QED) is 0.622. The van der Waals surface area contributed by atoms with Crippen molar-refractivity contribution < 1.29 is 23.4 Å². The molecule has 0 bridgehead atoms. The topological polar surface area (TPSA) is 85.6 Å². The van der Waals surface area contributed by atoms with Gasteiger partial charge in [-0.15, -0.1) is 0 Å². The summed E-state index contributed by atoms with van der Waals surface area (Å²) in [6, 6.07) is 8.62. The standard InChI is InChI=1S/C18H14F2IN3O3/c19-11-3-16(23-15-2-1-12(21)5-14(15)20)13(6-22)17(4-11)27-9-10-7-24(8-10)18(25)26/h1-5,10,23H,7-9H2,(H,25,26). The first-order chi connectivity index (χ1) is 12.9. The molecule has 1 fully saturated rings. The number of benzene rings is 2. The summed E-state index contributed by atoms with van der Waals surface area (Å²) in [5, 5.41) is 21.0. The van der Waals surface area contributed by atoms with E-state index in [0.29, 0.717) is 16.7 Å². The van der Waals surface area contributed by atoms with E-state index in [1.807, 2.05) is 28.7 Å². The monoisotopic (exact) mass is 485 g/mol. The number of anilines is 2. The molecule has 1 amide bonds. The minimum absolute atomic E-state index is 0.0269. The zero-order chi connectivity index (χ0) is 19.6. The Kier molecular flexibility index (Phi) is 5.65. The number of ether oxygens (including phenoxy) is 1. The van der Waals surface area contributed by atoms with Crippen LogP contribution in [0.25, 0.3) is 0 Å². The predicted octanol–water partition coefficient (Wildman–Crippen LogP) is 4.17. The Bertz CT molecular complexity index is 927. The van der Waals surface area contributed by atoms with Gasteiger partial charge in [0.15, 0.2) is 0 Å². The summed E-state index contributed by atoms with van der Waals surface area (Å²) in [4.78, 5) is 12.0. The molecule has 2 aromatic carbocycles. The Labute approximate surface area is 167 Å². The third-order valence-electron chi connectivity index (χ3n) is 4.08. The number of hydrogen-bond acceptors (Lipinski definition) is 4. The van der Waals surface area contributed by atoms with Crippen molar-refractivity contribution in [2.75, 3.05) is 25.0 Å². The van der Waals surface area contributed by atoms with Gasteiger partial charge >= 0.3 is 6.09 Å². The minimum atomic E-state index is -0.999. The van der Waals surface area contributed by atoms with Crippen LogP contribution in [0.2, 0.25) is 0 Å². The number of nitrogens with zero attached hydrogens (tertiary/aromatic N) is 2. The lowest BCUT2D eigenvalue weighted by Gasteiger charge is -2.36. The van der Waals surface area contributed by atoms with E-state index in [0.717, 1.165) is 12.1 Å². The lowest BCUT2D eigenvalue weighted by atomic mass is 10.0. The van der Waals surface area contributed by atoms with Gasteiger partial charge in [-0.25, -0.2) is 13.6 Å². The zero-order valence-electron chi connectivity index (χ0n) is 13.9. The fourth-order valence-corrected chi connectivity index (χ4v) is 3.14. The maximum atomic E-state index is 14.1. The molecule has 6 nitrogen and oxygen atoms in total. The Morgan fingerprint density at radius 2 is 2.07 bits per heavy atom. The second-order valence-corrected chi connectivity index (χ2v) is 7.30. The molecule has 0 spiro atoms. The Morgan fingerprint density at radius 3 is 2.70 bits per heavy atom. The molecule has 0 aliphatic carbocycles. The first kappa shape index (κ1) is 19.2. The zero-order valence-corrected chi connectivity index (χ0v) is 16.0. The maximum absolute atomic E-state index is 14.1. The van der Waals surface area contributed by atoms with Crippen molar-refractivity contribution in [3.8, 4) is 11.8 Å². The van der Waals surface area contributed by atoms with E-state index in [1.54, 1.807) is 6.07 Å². The van der Waals surface area contributed by atoms with Gasteiger partial charge in [0.25, 0.3) is 0 Å². The molecule has 1 aliphatic rings. The molecule has 0 aromatic heterocycles. The van der Waals surface area contributed by atoms with Gasteiger partial charge in [0.05, 0.1) is 18.0 Å². The van der Waals surface area contributed by atoms with Crippen LogP contribution in [0.4, 0.5) is 25.0 Å². The molecule has 0 saturated carbocycles. The van der Waals surface area contributed by atoms with Gasteiger partial charge in [0.1, 0.15) is 29.0 Å². The van der Waals surface area contributed by atoms with Crippen LogP contribution >= 0.6 is 22.6 Å². The summed E-state index contributed by atoms with van der Waals surface area (Å²) in [5.74, 6) is -1.17. The lowest BCUT2D eigenvalue weighted by Crippen LogP contribution is -2.51. The summed E-state index contributed by atoms with van der Waals surface area (Å²) in [7, 11) is 0. The van der Waals surface area contributed by atoms with Crippen molar-refractivity contribution in [3.05, 3.63) is 51.1 Å². The molecule has 9 heteroatoms. The van der Waals surface area contributed by atoms with Crippen molar-refractivity contribution in [2.24, 2.45) is 5.92 Å². The smallest absolute Gasteiger partial charge is 0.407 e. The van der Waals surface area contributed by atoms with Crippen molar-refractivity contribution in [1.82, 2.24) is 4.90 Å². The molecule has 27 heavy (non-hydrogen) atoms. The number of carbonyl (C=O) groups is 1. The number of likely N-dealkylation sites (tertiary alicyclic amines) is 1. The van der Waals surface area contributed by atoms with Crippen LogP contribution in [0.15, 0.2) is 30.3 Å². The number of rotatable bonds is 5. The SMILES string of the molecule is N#Cc1c(Nc2ccc(I)cc2F)cc(F)cc1OCC1CN(C(=O)O)C1. The average molecular weight is 485 g/mol. The van der Waals surface area contributed by atoms with Crippen LogP contribution in [0.3, 0.4) is 0 Å². The number of hydrogen-bond donors (Lipinski definition) is 2. The molecule has 1 heterocycles. The van der Waals surface area contributed by atoms with Crippen LogP contribution in [0, 0.1) is 32.5 Å². The van der Waals surface area contributed by atoms with Crippen LogP contribution in [0.1, 0.15) is 5.56 Å². The van der Waals surface area contributed by atoms with E-state index in [4.69, 9.17) is 9.84 Å². The fraction of sp³-hybridized carbons (Fsp3) is 0.222. The molecule has 0 atom stereocenters. The Hall–Kier alpha value is -2.61. The molecular weight excluding hydrogens is 471 g/mol. The predicted molar refractivity (Wildman–Crippen MR) is 102 cm³/mol. The summed E-state index contributed by atoms with van der Waals surface area (Å²) < 4.78 is 34.3. The molecule has 140 valence electrons. The van der Waals surface area contributed by atoms with Gasteiger partial charge in [-0.1, -0.05) is 0 Å². The number of amides is 1. The van der Waals surface area contributed by atoms with Crippen LogP contribution in [-0.4, -0.2) is 35.8 Å². The van der Waals surface area contributed by atoms with Crippen molar-refractivity contribution in [3.63, 3.8) is 0 Å². The van der Waals surface area contributed by atoms with Crippen LogP contribution in [0.5, 0.6) is 5.75 Å². The van der Waals surface area contributed by atoms with E-state index >= 15 is 0 Å². The first-order valence-electron chi connectivity index (χ1n) is 7.93. The lowest BCUT2D eigenvalue weighted by molar-refractivity contribution is 0.0584. The second-order valence-electron chi connectivity index (χ2n) is 6.05. The van der Waals surface area contributed by atoms with E-state index < -0.39 is 17.7 Å². The van der Waals surface area contributed by atoms with Gasteiger partial charge in [-0.05, 0) is 46.9 Å². The Morgan fingerprint density at radius 1 is 1.33 bits per heavy atom. The highest BCUT2D eigenvalue weighted by molar-refractivity contribution is 14.1. The van der Waals surface area contributed by atoms with Gasteiger partial charge in [-0.3, -0.25) is 0 Å². The third kappa shape index (κ3) is 4.39. The normalized spacial score (nSPS) is 13.6. The van der Waals surface area contributed by atoms with E-state index in [1.165, 1.54) is 17.0 Å². The number of nitriles is 1. The number of nitrogens with one attached hydrogen (secondary N) is 1. The molecule has 2 aromatic rings. The highest BCUT2D eigenvalue weighted by Gasteiger charge is 2.31. The molecule has 0 unspecified atom stereocenters. The van der Waals surface area contributed by atoms with Gasteiger partial charge in [0, 0.05) is 28.6 Å². The summed E-state index contributed by atoms with van der Waals surface area (Å²) >= 11 is 1.97. The highest BCUT2D eigenvalue weighted by Crippen LogP contribution is 2.32. The van der Waals surface area contributed by atoms with Gasteiger partial charge in [-0.2, -0.15) is 5.26 Å². The largest absolute Gasteiger partial charge is 0.492 e. The average Bonchev–Trinajstić information content (AvgIpc) is 2.55. The van der Waals surface area contributed by atoms with Gasteiger partial charge < -0.3 is 20.1 Å². The van der Waals surface area contributed by atoms with Gasteiger partial charge in [0.2, 0.25) is 0 Å². The fourth-order valence-electron chi connectivity index (χ4n) is 2.68.